The average Bonchev–Trinajstić information content (AvgIpc) is 2.67. The van der Waals surface area contributed by atoms with Crippen LogP contribution in [-0.2, 0) is 14.9 Å². The highest BCUT2D eigenvalue weighted by molar-refractivity contribution is 7.89. The van der Waals surface area contributed by atoms with Gasteiger partial charge in [-0.3, -0.25) is 10.2 Å². The maximum Gasteiger partial charge on any atom is 0.248 e. The molecule has 9 nitrogen and oxygen atoms in total. The molecule has 1 aliphatic rings. The highest BCUT2D eigenvalue weighted by atomic mass is 32.2. The monoisotopic (exact) mass is 430 g/mol. The van der Waals surface area contributed by atoms with Gasteiger partial charge in [-0.2, -0.15) is 5.10 Å². The Kier molecular flexibility index (Phi) is 9.96. The lowest BCUT2D eigenvalue weighted by molar-refractivity contribution is 0.0518. The first-order chi connectivity index (χ1) is 13.5. The quantitative estimate of drug-likeness (QED) is 0.358. The molecule has 0 aromatic carbocycles. The van der Waals surface area contributed by atoms with Crippen molar-refractivity contribution in [1.82, 2.24) is 25.4 Å². The van der Waals surface area contributed by atoms with Gasteiger partial charge in [0, 0.05) is 6.04 Å². The van der Waals surface area contributed by atoms with Crippen LogP contribution in [0.3, 0.4) is 0 Å². The van der Waals surface area contributed by atoms with E-state index in [4.69, 9.17) is 17.1 Å². The molecule has 1 aliphatic carbocycles. The lowest BCUT2D eigenvalue weighted by atomic mass is 9.90. The third-order valence-electron chi connectivity index (χ3n) is 4.60. The summed E-state index contributed by atoms with van der Waals surface area (Å²) < 4.78 is 24.8. The van der Waals surface area contributed by atoms with E-state index in [9.17, 15) is 8.42 Å². The van der Waals surface area contributed by atoms with Crippen LogP contribution < -0.4 is 15.5 Å². The summed E-state index contributed by atoms with van der Waals surface area (Å²) in [6.07, 6.45) is 11.3. The third kappa shape index (κ3) is 9.18. The molecule has 0 radical (unpaired) electrons. The van der Waals surface area contributed by atoms with Gasteiger partial charge < -0.3 is 5.32 Å². The Morgan fingerprint density at radius 2 is 2.11 bits per heavy atom. The standard InChI is InChI=1S/C17H30N6O3S2/c1-2-3-9-15(20-17(27)21-16-18-10-11-19-22-16)13-28(24,25)23-26-12-14-7-5-4-6-8-14/h10-11,14-15,23H,2-9,12-13H2,1H3,(H2,18,20,21,22,27). The Bertz CT molecular complexity index is 683. The van der Waals surface area contributed by atoms with Crippen molar-refractivity contribution in [2.45, 2.75) is 64.3 Å². The van der Waals surface area contributed by atoms with E-state index in [1.165, 1.54) is 31.7 Å². The van der Waals surface area contributed by atoms with Crippen LogP contribution >= 0.6 is 12.2 Å². The van der Waals surface area contributed by atoms with Crippen molar-refractivity contribution in [1.29, 1.82) is 0 Å². The minimum Gasteiger partial charge on any atom is -0.359 e. The topological polar surface area (TPSA) is 118 Å². The fraction of sp³-hybridized carbons (Fsp3) is 0.765. The first kappa shape index (κ1) is 22.9. The first-order valence-corrected chi connectivity index (χ1v) is 11.9. The summed E-state index contributed by atoms with van der Waals surface area (Å²) in [7, 11) is -3.60. The normalized spacial score (nSPS) is 16.5. The summed E-state index contributed by atoms with van der Waals surface area (Å²) in [5.41, 5.74) is 0. The molecule has 1 aromatic rings. The summed E-state index contributed by atoms with van der Waals surface area (Å²) in [6, 6.07) is -0.354. The molecule has 28 heavy (non-hydrogen) atoms. The zero-order valence-corrected chi connectivity index (χ0v) is 17.9. The van der Waals surface area contributed by atoms with E-state index in [0.29, 0.717) is 18.9 Å². The minimum atomic E-state index is -3.60. The van der Waals surface area contributed by atoms with Gasteiger partial charge in [-0.05, 0) is 37.4 Å². The summed E-state index contributed by atoms with van der Waals surface area (Å²) in [6.45, 7) is 2.47. The lowest BCUT2D eigenvalue weighted by Crippen LogP contribution is -2.44. The molecule has 1 fully saturated rings. The molecule has 0 aliphatic heterocycles. The van der Waals surface area contributed by atoms with Crippen molar-refractivity contribution >= 4 is 33.3 Å². The first-order valence-electron chi connectivity index (χ1n) is 9.81. The van der Waals surface area contributed by atoms with Crippen LogP contribution in [0.4, 0.5) is 5.95 Å². The molecule has 3 N–H and O–H groups in total. The zero-order valence-electron chi connectivity index (χ0n) is 16.3. The number of hydrogen-bond donors (Lipinski definition) is 3. The number of hydrogen-bond acceptors (Lipinski definition) is 7. The van der Waals surface area contributed by atoms with Crippen molar-refractivity contribution in [2.24, 2.45) is 5.92 Å². The molecule has 0 spiro atoms. The van der Waals surface area contributed by atoms with Gasteiger partial charge in [-0.15, -0.1) is 5.10 Å². The molecule has 1 unspecified atom stereocenters. The summed E-state index contributed by atoms with van der Waals surface area (Å²) in [4.78, 5) is 11.6. The number of nitrogens with one attached hydrogen (secondary N) is 3. The number of aromatic nitrogens is 3. The summed E-state index contributed by atoms with van der Waals surface area (Å²) in [5.74, 6) is 0.556. The number of sulfonamides is 1. The average molecular weight is 431 g/mol. The molecule has 1 saturated carbocycles. The maximum atomic E-state index is 12.4. The van der Waals surface area contributed by atoms with Gasteiger partial charge in [0.05, 0.1) is 24.8 Å². The van der Waals surface area contributed by atoms with Gasteiger partial charge >= 0.3 is 0 Å². The van der Waals surface area contributed by atoms with Crippen molar-refractivity contribution in [3.05, 3.63) is 12.4 Å². The minimum absolute atomic E-state index is 0.132. The van der Waals surface area contributed by atoms with Crippen LogP contribution in [0.2, 0.25) is 0 Å². The van der Waals surface area contributed by atoms with Crippen molar-refractivity contribution in [3.63, 3.8) is 0 Å². The molecule has 1 atom stereocenters. The Morgan fingerprint density at radius 1 is 1.32 bits per heavy atom. The number of thiocarbonyl (C=S) groups is 1. The summed E-state index contributed by atoms with van der Waals surface area (Å²) in [5, 5.41) is 13.6. The van der Waals surface area contributed by atoms with Crippen molar-refractivity contribution in [3.8, 4) is 0 Å². The van der Waals surface area contributed by atoms with Gasteiger partial charge in [-0.1, -0.05) is 43.9 Å². The van der Waals surface area contributed by atoms with Crippen LogP contribution in [0, 0.1) is 5.92 Å². The molecule has 11 heteroatoms. The smallest absolute Gasteiger partial charge is 0.248 e. The van der Waals surface area contributed by atoms with E-state index < -0.39 is 10.0 Å². The predicted octanol–water partition coefficient (Wildman–Crippen LogP) is 2.15. The van der Waals surface area contributed by atoms with Gasteiger partial charge in [0.15, 0.2) is 5.11 Å². The number of nitrogens with zero attached hydrogens (tertiary/aromatic N) is 3. The highest BCUT2D eigenvalue weighted by Gasteiger charge is 2.21. The number of rotatable bonds is 11. The Balaban J connectivity index is 1.81. The molecule has 1 aromatic heterocycles. The van der Waals surface area contributed by atoms with Gasteiger partial charge in [0.25, 0.3) is 0 Å². The van der Waals surface area contributed by atoms with Crippen molar-refractivity contribution < 1.29 is 13.3 Å². The van der Waals surface area contributed by atoms with E-state index in [1.54, 1.807) is 0 Å². The fourth-order valence-electron chi connectivity index (χ4n) is 3.17. The molecular formula is C17H30N6O3S2. The third-order valence-corrected chi connectivity index (χ3v) is 6.03. The predicted molar refractivity (Wildman–Crippen MR) is 112 cm³/mol. The second-order valence-corrected chi connectivity index (χ2v) is 9.22. The van der Waals surface area contributed by atoms with Gasteiger partial charge in [0.1, 0.15) is 0 Å². The van der Waals surface area contributed by atoms with E-state index in [2.05, 4.69) is 37.6 Å². The SMILES string of the molecule is CCCCC(CS(=O)(=O)NOCC1CCCCC1)NC(=S)Nc1nccnn1. The largest absolute Gasteiger partial charge is 0.359 e. The Morgan fingerprint density at radius 3 is 2.79 bits per heavy atom. The molecule has 0 saturated heterocycles. The molecule has 0 amide bonds. The van der Waals surface area contributed by atoms with Gasteiger partial charge in [0.2, 0.25) is 16.0 Å². The molecular weight excluding hydrogens is 400 g/mol. The van der Waals surface area contributed by atoms with E-state index in [0.717, 1.165) is 25.7 Å². The number of unbranched alkanes of at least 4 members (excludes halogenated alkanes) is 1. The maximum absolute atomic E-state index is 12.4. The van der Waals surface area contributed by atoms with E-state index in [-0.39, 0.29) is 22.9 Å². The van der Waals surface area contributed by atoms with Crippen LogP contribution in [-0.4, -0.2) is 47.1 Å². The lowest BCUT2D eigenvalue weighted by Gasteiger charge is -2.22. The number of anilines is 1. The van der Waals surface area contributed by atoms with Crippen molar-refractivity contribution in [2.75, 3.05) is 17.7 Å². The van der Waals surface area contributed by atoms with Crippen LogP contribution in [0.1, 0.15) is 58.3 Å². The second kappa shape index (κ2) is 12.2. The van der Waals surface area contributed by atoms with Crippen LogP contribution in [0.15, 0.2) is 12.4 Å². The fourth-order valence-corrected chi connectivity index (χ4v) is 4.52. The van der Waals surface area contributed by atoms with E-state index >= 15 is 0 Å². The van der Waals surface area contributed by atoms with E-state index in [1.807, 2.05) is 0 Å². The molecule has 1 heterocycles. The summed E-state index contributed by atoms with van der Waals surface area (Å²) >= 11 is 5.25. The zero-order chi connectivity index (χ0) is 20.2. The molecule has 2 rings (SSSR count). The van der Waals surface area contributed by atoms with Crippen LogP contribution in [0.5, 0.6) is 0 Å². The van der Waals surface area contributed by atoms with Gasteiger partial charge in [-0.25, -0.2) is 13.4 Å². The Labute approximate surface area is 172 Å². The van der Waals surface area contributed by atoms with Crippen LogP contribution in [0.25, 0.3) is 0 Å². The molecule has 158 valence electrons. The Hall–Kier alpha value is -1.43. The second-order valence-electron chi connectivity index (χ2n) is 7.08. The molecule has 0 bridgehead atoms. The highest BCUT2D eigenvalue weighted by Crippen LogP contribution is 2.23.